The van der Waals surface area contributed by atoms with Crippen molar-refractivity contribution in [3.63, 3.8) is 0 Å². The van der Waals surface area contributed by atoms with Crippen molar-refractivity contribution in [2.45, 2.75) is 45.3 Å². The second kappa shape index (κ2) is 10.8. The van der Waals surface area contributed by atoms with Crippen LogP contribution < -0.4 is 5.32 Å². The van der Waals surface area contributed by atoms with Crippen molar-refractivity contribution in [3.8, 4) is 23.1 Å². The normalized spacial score (nSPS) is 15.4. The number of nitrogens with one attached hydrogen (secondary N) is 1. The molecule has 1 fully saturated rings. The Morgan fingerprint density at radius 2 is 1.85 bits per heavy atom. The van der Waals surface area contributed by atoms with E-state index in [1.807, 2.05) is 6.92 Å². The zero-order valence-electron chi connectivity index (χ0n) is 21.8. The third-order valence-electron chi connectivity index (χ3n) is 6.72. The molecule has 0 bridgehead atoms. The number of fused-ring (bicyclic) bond motifs is 1. The summed E-state index contributed by atoms with van der Waals surface area (Å²) in [6.45, 7) is 3.86. The van der Waals surface area contributed by atoms with Crippen LogP contribution in [0.5, 0.6) is 0 Å². The molecular weight excluding hydrogens is 521 g/mol. The third kappa shape index (κ3) is 5.25. The van der Waals surface area contributed by atoms with Crippen LogP contribution in [0.2, 0.25) is 0 Å². The van der Waals surface area contributed by atoms with Crippen LogP contribution in [-0.4, -0.2) is 42.6 Å². The van der Waals surface area contributed by atoms with E-state index in [4.69, 9.17) is 0 Å². The molecule has 204 valence electrons. The molecular formula is C29H25F3N6O2. The molecule has 4 heterocycles. The number of piperidine rings is 1. The van der Waals surface area contributed by atoms with Crippen molar-refractivity contribution < 1.29 is 22.8 Å². The number of pyridine rings is 1. The molecule has 0 spiro atoms. The number of carbonyl (C=O) groups is 2. The summed E-state index contributed by atoms with van der Waals surface area (Å²) in [6.07, 6.45) is 1.43. The molecule has 1 aliphatic heterocycles. The Balaban J connectivity index is 1.58. The van der Waals surface area contributed by atoms with Crippen molar-refractivity contribution in [1.29, 1.82) is 0 Å². The van der Waals surface area contributed by atoms with Crippen molar-refractivity contribution >= 4 is 23.1 Å². The monoisotopic (exact) mass is 546 g/mol. The molecule has 11 heteroatoms. The summed E-state index contributed by atoms with van der Waals surface area (Å²) < 4.78 is 43.8. The summed E-state index contributed by atoms with van der Waals surface area (Å²) >= 11 is 0. The minimum absolute atomic E-state index is 0.0577. The first-order valence-electron chi connectivity index (χ1n) is 12.7. The summed E-state index contributed by atoms with van der Waals surface area (Å²) in [4.78, 5) is 39.5. The van der Waals surface area contributed by atoms with E-state index in [0.29, 0.717) is 35.7 Å². The molecule has 5 rings (SSSR count). The van der Waals surface area contributed by atoms with Gasteiger partial charge in [-0.25, -0.2) is 15.0 Å². The Morgan fingerprint density at radius 1 is 1.07 bits per heavy atom. The number of imidazole rings is 1. The van der Waals surface area contributed by atoms with E-state index in [9.17, 15) is 22.8 Å². The van der Waals surface area contributed by atoms with Gasteiger partial charge >= 0.3 is 6.18 Å². The van der Waals surface area contributed by atoms with Crippen LogP contribution in [0.4, 0.5) is 19.0 Å². The fraction of sp³-hybridized carbons (Fsp3) is 0.276. The van der Waals surface area contributed by atoms with Crippen LogP contribution in [0, 0.1) is 18.8 Å². The number of anilines is 1. The number of hydrogen-bond donors (Lipinski definition) is 1. The average Bonchev–Trinajstić information content (AvgIpc) is 3.32. The first-order chi connectivity index (χ1) is 19.2. The van der Waals surface area contributed by atoms with E-state index in [2.05, 4.69) is 32.1 Å². The van der Waals surface area contributed by atoms with Crippen LogP contribution in [0.1, 0.15) is 59.7 Å². The second-order valence-electron chi connectivity index (χ2n) is 9.45. The number of benzene rings is 1. The predicted octanol–water partition coefficient (Wildman–Crippen LogP) is 5.45. The summed E-state index contributed by atoms with van der Waals surface area (Å²) in [5.74, 6) is 5.03. The molecule has 1 aliphatic rings. The van der Waals surface area contributed by atoms with Crippen LogP contribution in [-0.2, 0) is 11.0 Å². The average molecular weight is 547 g/mol. The van der Waals surface area contributed by atoms with E-state index in [1.54, 1.807) is 42.3 Å². The highest BCUT2D eigenvalue weighted by molar-refractivity contribution is 6.04. The van der Waals surface area contributed by atoms with Gasteiger partial charge in [-0.1, -0.05) is 18.1 Å². The molecule has 3 aromatic heterocycles. The van der Waals surface area contributed by atoms with E-state index >= 15 is 0 Å². The SMILES string of the molecule is CC#CC(=O)N1CCCC[C@H]1c1nc(-c2ccc(C(=O)Nc3cc(C)ccn3)cc2)c2c(C(F)(F)F)nccn12. The first-order valence-corrected chi connectivity index (χ1v) is 12.7. The van der Waals surface area contributed by atoms with E-state index in [0.717, 1.165) is 24.6 Å². The van der Waals surface area contributed by atoms with E-state index in [-0.39, 0.29) is 11.2 Å². The molecule has 1 N–H and O–H groups in total. The highest BCUT2D eigenvalue weighted by Crippen LogP contribution is 2.39. The lowest BCUT2D eigenvalue weighted by Gasteiger charge is -2.33. The van der Waals surface area contributed by atoms with Crippen LogP contribution in [0.25, 0.3) is 16.8 Å². The fourth-order valence-corrected chi connectivity index (χ4v) is 4.90. The van der Waals surface area contributed by atoms with Crippen LogP contribution >= 0.6 is 0 Å². The standard InChI is InChI=1S/C29H25F3N6O2/c1-3-6-23(39)37-15-5-4-7-21(37)27-36-24(25-26(29(30,31)32)34-14-16-38(25)27)19-8-10-20(11-9-19)28(40)35-22-17-18(2)12-13-33-22/h8-14,16-17,21H,4-5,7,15H2,1-2H3,(H,33,35,40)/t21-/m0/s1. The quantitative estimate of drug-likeness (QED) is 0.344. The molecule has 8 nitrogen and oxygen atoms in total. The fourth-order valence-electron chi connectivity index (χ4n) is 4.90. The maximum absolute atomic E-state index is 14.1. The highest BCUT2D eigenvalue weighted by Gasteiger charge is 2.39. The lowest BCUT2D eigenvalue weighted by molar-refractivity contribution is -0.140. The number of aryl methyl sites for hydroxylation is 1. The number of likely N-dealkylation sites (tertiary alicyclic amines) is 1. The van der Waals surface area contributed by atoms with Crippen molar-refractivity contribution in [3.05, 3.63) is 77.6 Å². The largest absolute Gasteiger partial charge is 0.435 e. The maximum Gasteiger partial charge on any atom is 0.435 e. The number of amides is 2. The number of halogens is 3. The smallest absolute Gasteiger partial charge is 0.322 e. The number of nitrogens with zero attached hydrogens (tertiary/aromatic N) is 5. The Kier molecular flexibility index (Phi) is 7.26. The molecule has 40 heavy (non-hydrogen) atoms. The van der Waals surface area contributed by atoms with Gasteiger partial charge in [-0.3, -0.25) is 14.0 Å². The third-order valence-corrected chi connectivity index (χ3v) is 6.72. The van der Waals surface area contributed by atoms with E-state index in [1.165, 1.54) is 22.7 Å². The molecule has 4 aromatic rings. The lowest BCUT2D eigenvalue weighted by Crippen LogP contribution is -2.38. The molecule has 0 unspecified atom stereocenters. The van der Waals surface area contributed by atoms with Gasteiger partial charge in [0, 0.05) is 36.3 Å². The van der Waals surface area contributed by atoms with Gasteiger partial charge in [0.2, 0.25) is 0 Å². The topological polar surface area (TPSA) is 92.5 Å². The molecule has 0 radical (unpaired) electrons. The summed E-state index contributed by atoms with van der Waals surface area (Å²) in [6, 6.07) is 9.09. The molecule has 0 aliphatic carbocycles. The number of aromatic nitrogens is 4. The molecule has 1 atom stereocenters. The first kappa shape index (κ1) is 26.9. The van der Waals surface area contributed by atoms with Gasteiger partial charge in [0.05, 0.1) is 11.7 Å². The van der Waals surface area contributed by atoms with Crippen LogP contribution in [0.3, 0.4) is 0 Å². The lowest BCUT2D eigenvalue weighted by atomic mass is 10.0. The van der Waals surface area contributed by atoms with Gasteiger partial charge in [0.15, 0.2) is 5.69 Å². The molecule has 1 aromatic carbocycles. The van der Waals surface area contributed by atoms with Gasteiger partial charge in [-0.2, -0.15) is 13.2 Å². The summed E-state index contributed by atoms with van der Waals surface area (Å²) in [7, 11) is 0. The maximum atomic E-state index is 14.1. The van der Waals surface area contributed by atoms with Crippen LogP contribution in [0.15, 0.2) is 55.0 Å². The number of hydrogen-bond acceptors (Lipinski definition) is 5. The molecule has 0 saturated carbocycles. The zero-order valence-corrected chi connectivity index (χ0v) is 21.8. The van der Waals surface area contributed by atoms with Gasteiger partial charge in [-0.05, 0) is 68.9 Å². The van der Waals surface area contributed by atoms with Crippen molar-refractivity contribution in [2.75, 3.05) is 11.9 Å². The zero-order chi connectivity index (χ0) is 28.4. The number of carbonyl (C=O) groups excluding carboxylic acids is 2. The van der Waals surface area contributed by atoms with Gasteiger partial charge in [0.1, 0.15) is 17.2 Å². The Hall–Kier alpha value is -4.72. The van der Waals surface area contributed by atoms with Crippen molar-refractivity contribution in [1.82, 2.24) is 24.3 Å². The number of rotatable bonds is 4. The highest BCUT2D eigenvalue weighted by atomic mass is 19.4. The van der Waals surface area contributed by atoms with Gasteiger partial charge in [0.25, 0.3) is 11.8 Å². The Labute approximate surface area is 228 Å². The van der Waals surface area contributed by atoms with Crippen molar-refractivity contribution in [2.24, 2.45) is 0 Å². The van der Waals surface area contributed by atoms with Gasteiger partial charge < -0.3 is 10.2 Å². The Bertz CT molecular complexity index is 1650. The number of alkyl halides is 3. The summed E-state index contributed by atoms with van der Waals surface area (Å²) in [5, 5.41) is 2.71. The minimum Gasteiger partial charge on any atom is -0.322 e. The van der Waals surface area contributed by atoms with Gasteiger partial charge in [-0.15, -0.1) is 0 Å². The summed E-state index contributed by atoms with van der Waals surface area (Å²) in [5.41, 5.74) is 0.352. The molecule has 2 amide bonds. The second-order valence-corrected chi connectivity index (χ2v) is 9.45. The predicted molar refractivity (Wildman–Crippen MR) is 142 cm³/mol. The minimum atomic E-state index is -4.75. The molecule has 1 saturated heterocycles. The Morgan fingerprint density at radius 3 is 2.55 bits per heavy atom. The van der Waals surface area contributed by atoms with E-state index < -0.39 is 29.7 Å².